The van der Waals surface area contributed by atoms with Gasteiger partial charge in [0.1, 0.15) is 0 Å². The first-order valence-electron chi connectivity index (χ1n) is 6.41. The van der Waals surface area contributed by atoms with Crippen LogP contribution in [0.5, 0.6) is 0 Å². The zero-order valence-electron chi connectivity index (χ0n) is 11.0. The Morgan fingerprint density at radius 2 is 2.06 bits per heavy atom. The molecule has 102 valence electrons. The zero-order valence-corrected chi connectivity index (χ0v) is 11.0. The maximum absolute atomic E-state index is 5.78. The maximum Gasteiger partial charge on any atom is 0.0928 e. The molecule has 0 aromatic rings. The Bertz CT molecular complexity index is 168. The van der Waals surface area contributed by atoms with Crippen molar-refractivity contribution in [2.45, 2.75) is 25.0 Å². The van der Waals surface area contributed by atoms with E-state index in [0.717, 1.165) is 45.6 Å². The van der Waals surface area contributed by atoms with Gasteiger partial charge in [-0.3, -0.25) is 0 Å². The van der Waals surface area contributed by atoms with Crippen molar-refractivity contribution < 1.29 is 14.2 Å². The van der Waals surface area contributed by atoms with Crippen LogP contribution in [0.25, 0.3) is 0 Å². The lowest BCUT2D eigenvalue weighted by molar-refractivity contribution is 0.0195. The average molecular weight is 246 g/mol. The lowest BCUT2D eigenvalue weighted by Gasteiger charge is -2.23. The normalized spacial score (nSPS) is 19.4. The lowest BCUT2D eigenvalue weighted by atomic mass is 10.1. The Morgan fingerprint density at radius 3 is 2.71 bits per heavy atom. The van der Waals surface area contributed by atoms with E-state index in [1.807, 2.05) is 0 Å². The van der Waals surface area contributed by atoms with Gasteiger partial charge in [-0.2, -0.15) is 0 Å². The third-order valence-corrected chi connectivity index (χ3v) is 2.98. The van der Waals surface area contributed by atoms with E-state index in [9.17, 15) is 0 Å². The fourth-order valence-electron chi connectivity index (χ4n) is 1.92. The summed E-state index contributed by atoms with van der Waals surface area (Å²) in [6.07, 6.45) is 2.82. The summed E-state index contributed by atoms with van der Waals surface area (Å²) in [5.74, 6) is 0. The van der Waals surface area contributed by atoms with E-state index < -0.39 is 0 Å². The van der Waals surface area contributed by atoms with Crippen molar-refractivity contribution in [2.75, 3.05) is 53.6 Å². The highest BCUT2D eigenvalue weighted by Crippen LogP contribution is 2.06. The molecule has 1 fully saturated rings. The van der Waals surface area contributed by atoms with Gasteiger partial charge >= 0.3 is 0 Å². The van der Waals surface area contributed by atoms with Gasteiger partial charge in [-0.25, -0.2) is 0 Å². The molecule has 0 bridgehead atoms. The minimum atomic E-state index is 0.124. The molecule has 1 aliphatic rings. The standard InChI is InChI=1S/C12H26N2O3/c1-15-10-12(16-2)9-14-7-8-17-11-3-5-13-6-4-11/h11-14H,3-10H2,1-2H3. The summed E-state index contributed by atoms with van der Waals surface area (Å²) in [7, 11) is 3.39. The topological polar surface area (TPSA) is 51.8 Å². The number of ether oxygens (including phenoxy) is 3. The number of nitrogens with one attached hydrogen (secondary N) is 2. The SMILES string of the molecule is COCC(CNCCOC1CCNCC1)OC. The van der Waals surface area contributed by atoms with Gasteiger partial charge < -0.3 is 24.8 Å². The van der Waals surface area contributed by atoms with Crippen LogP contribution in [0.3, 0.4) is 0 Å². The van der Waals surface area contributed by atoms with Crippen LogP contribution in [-0.2, 0) is 14.2 Å². The minimum Gasteiger partial charge on any atom is -0.382 e. The lowest BCUT2D eigenvalue weighted by Crippen LogP contribution is -2.36. The average Bonchev–Trinajstić information content (AvgIpc) is 2.38. The van der Waals surface area contributed by atoms with Crippen molar-refractivity contribution in [3.05, 3.63) is 0 Å². The molecule has 17 heavy (non-hydrogen) atoms. The number of hydrogen-bond acceptors (Lipinski definition) is 5. The van der Waals surface area contributed by atoms with Gasteiger partial charge in [0, 0.05) is 27.3 Å². The molecular formula is C12H26N2O3. The molecule has 1 aliphatic heterocycles. The Labute approximate surface area is 104 Å². The second-order valence-corrected chi connectivity index (χ2v) is 4.34. The molecule has 1 rings (SSSR count). The van der Waals surface area contributed by atoms with Crippen LogP contribution >= 0.6 is 0 Å². The minimum absolute atomic E-state index is 0.124. The van der Waals surface area contributed by atoms with Crippen LogP contribution in [0.1, 0.15) is 12.8 Å². The van der Waals surface area contributed by atoms with Crippen molar-refractivity contribution in [3.8, 4) is 0 Å². The number of piperidine rings is 1. The molecule has 0 aromatic carbocycles. The second kappa shape index (κ2) is 9.79. The molecule has 5 heteroatoms. The molecule has 0 amide bonds. The summed E-state index contributed by atoms with van der Waals surface area (Å²) in [6, 6.07) is 0. The zero-order chi connectivity index (χ0) is 12.3. The van der Waals surface area contributed by atoms with E-state index in [-0.39, 0.29) is 6.10 Å². The quantitative estimate of drug-likeness (QED) is 0.561. The highest BCUT2D eigenvalue weighted by molar-refractivity contribution is 4.68. The highest BCUT2D eigenvalue weighted by Gasteiger charge is 2.12. The summed E-state index contributed by atoms with van der Waals surface area (Å²) in [4.78, 5) is 0. The van der Waals surface area contributed by atoms with Crippen LogP contribution in [0.4, 0.5) is 0 Å². The van der Waals surface area contributed by atoms with E-state index in [4.69, 9.17) is 14.2 Å². The van der Waals surface area contributed by atoms with Crippen molar-refractivity contribution >= 4 is 0 Å². The maximum atomic E-state index is 5.78. The predicted octanol–water partition coefficient (Wildman–Crippen LogP) is 0.00600. The number of rotatable bonds is 9. The number of methoxy groups -OCH3 is 2. The van der Waals surface area contributed by atoms with Gasteiger partial charge in [0.2, 0.25) is 0 Å². The molecule has 0 aromatic heterocycles. The van der Waals surface area contributed by atoms with E-state index >= 15 is 0 Å². The molecule has 1 unspecified atom stereocenters. The Balaban J connectivity index is 1.92. The van der Waals surface area contributed by atoms with Crippen LogP contribution in [0, 0.1) is 0 Å². The van der Waals surface area contributed by atoms with Crippen LogP contribution in [0.15, 0.2) is 0 Å². The molecule has 1 heterocycles. The third-order valence-electron chi connectivity index (χ3n) is 2.98. The van der Waals surface area contributed by atoms with Crippen LogP contribution in [-0.4, -0.2) is 65.8 Å². The summed E-state index contributed by atoms with van der Waals surface area (Å²) in [5, 5.41) is 6.64. The summed E-state index contributed by atoms with van der Waals surface area (Å²) < 4.78 is 16.1. The first-order chi connectivity index (χ1) is 8.36. The molecule has 1 atom stereocenters. The molecule has 0 aliphatic carbocycles. The van der Waals surface area contributed by atoms with Crippen LogP contribution < -0.4 is 10.6 Å². The van der Waals surface area contributed by atoms with Crippen molar-refractivity contribution in [3.63, 3.8) is 0 Å². The van der Waals surface area contributed by atoms with Gasteiger partial charge in [0.15, 0.2) is 0 Å². The van der Waals surface area contributed by atoms with Crippen molar-refractivity contribution in [1.29, 1.82) is 0 Å². The fourth-order valence-corrected chi connectivity index (χ4v) is 1.92. The summed E-state index contributed by atoms with van der Waals surface area (Å²) in [5.41, 5.74) is 0. The Morgan fingerprint density at radius 1 is 1.29 bits per heavy atom. The number of hydrogen-bond donors (Lipinski definition) is 2. The van der Waals surface area contributed by atoms with E-state index in [2.05, 4.69) is 10.6 Å². The summed E-state index contributed by atoms with van der Waals surface area (Å²) in [6.45, 7) is 5.23. The Hall–Kier alpha value is -0.200. The van der Waals surface area contributed by atoms with E-state index in [0.29, 0.717) is 12.7 Å². The summed E-state index contributed by atoms with van der Waals surface area (Å²) >= 11 is 0. The van der Waals surface area contributed by atoms with E-state index in [1.165, 1.54) is 0 Å². The van der Waals surface area contributed by atoms with Gasteiger partial charge in [-0.05, 0) is 25.9 Å². The predicted molar refractivity (Wildman–Crippen MR) is 67.4 cm³/mol. The second-order valence-electron chi connectivity index (χ2n) is 4.34. The Kier molecular flexibility index (Phi) is 8.56. The monoisotopic (exact) mass is 246 g/mol. The molecule has 1 saturated heterocycles. The van der Waals surface area contributed by atoms with Gasteiger partial charge in [0.05, 0.1) is 25.4 Å². The molecular weight excluding hydrogens is 220 g/mol. The first kappa shape index (κ1) is 14.9. The molecule has 5 nitrogen and oxygen atoms in total. The van der Waals surface area contributed by atoms with Gasteiger partial charge in [-0.15, -0.1) is 0 Å². The molecule has 0 spiro atoms. The van der Waals surface area contributed by atoms with E-state index in [1.54, 1.807) is 14.2 Å². The van der Waals surface area contributed by atoms with Gasteiger partial charge in [0.25, 0.3) is 0 Å². The highest BCUT2D eigenvalue weighted by atomic mass is 16.5. The fraction of sp³-hybridized carbons (Fsp3) is 1.00. The van der Waals surface area contributed by atoms with Gasteiger partial charge in [-0.1, -0.05) is 0 Å². The first-order valence-corrected chi connectivity index (χ1v) is 6.41. The largest absolute Gasteiger partial charge is 0.382 e. The van der Waals surface area contributed by atoms with Crippen LogP contribution in [0.2, 0.25) is 0 Å². The van der Waals surface area contributed by atoms with Crippen molar-refractivity contribution in [2.24, 2.45) is 0 Å². The molecule has 2 N–H and O–H groups in total. The third kappa shape index (κ3) is 6.95. The molecule has 0 radical (unpaired) electrons. The smallest absolute Gasteiger partial charge is 0.0928 e. The molecule has 0 saturated carbocycles. The van der Waals surface area contributed by atoms with Crippen molar-refractivity contribution in [1.82, 2.24) is 10.6 Å².